The summed E-state index contributed by atoms with van der Waals surface area (Å²) in [5.41, 5.74) is -0.226. The van der Waals surface area contributed by atoms with E-state index in [-0.39, 0.29) is 12.1 Å². The Morgan fingerprint density at radius 3 is 2.76 bits per heavy atom. The number of nitrogens with one attached hydrogen (secondary N) is 1. The predicted octanol–water partition coefficient (Wildman–Crippen LogP) is 2.44. The molecule has 1 unspecified atom stereocenters. The molecule has 1 aliphatic carbocycles. The van der Waals surface area contributed by atoms with E-state index in [1.54, 1.807) is 11.8 Å². The highest BCUT2D eigenvalue weighted by molar-refractivity contribution is 7.99. The van der Waals surface area contributed by atoms with Gasteiger partial charge in [-0.25, -0.2) is 0 Å². The van der Waals surface area contributed by atoms with Crippen molar-refractivity contribution in [3.05, 3.63) is 18.2 Å². The number of ether oxygens (including phenoxy) is 2. The van der Waals surface area contributed by atoms with Crippen molar-refractivity contribution in [3.63, 3.8) is 0 Å². The van der Waals surface area contributed by atoms with Crippen molar-refractivity contribution in [2.75, 3.05) is 25.6 Å². The summed E-state index contributed by atoms with van der Waals surface area (Å²) >= 11 is 1.74. The molecular weight excluding hydrogens is 286 g/mol. The van der Waals surface area contributed by atoms with Gasteiger partial charge in [-0.1, -0.05) is 0 Å². The third-order valence-corrected chi connectivity index (χ3v) is 5.12. The zero-order chi connectivity index (χ0) is 14.7. The lowest BCUT2D eigenvalue weighted by Gasteiger charge is -2.28. The Morgan fingerprint density at radius 2 is 2.05 bits per heavy atom. The fourth-order valence-corrected chi connectivity index (χ4v) is 3.34. The second-order valence-corrected chi connectivity index (χ2v) is 7.13. The molecule has 1 aliphatic heterocycles. The van der Waals surface area contributed by atoms with E-state index in [0.29, 0.717) is 19.3 Å². The van der Waals surface area contributed by atoms with Gasteiger partial charge >= 0.3 is 0 Å². The fourth-order valence-electron chi connectivity index (χ4n) is 2.33. The third kappa shape index (κ3) is 4.05. The van der Waals surface area contributed by atoms with Gasteiger partial charge < -0.3 is 19.9 Å². The summed E-state index contributed by atoms with van der Waals surface area (Å²) < 4.78 is 11.4. The molecule has 1 saturated carbocycles. The number of hydrogen-bond acceptors (Lipinski definition) is 5. The van der Waals surface area contributed by atoms with E-state index in [1.807, 2.05) is 12.1 Å². The molecule has 5 heteroatoms. The second kappa shape index (κ2) is 6.46. The van der Waals surface area contributed by atoms with E-state index in [0.717, 1.165) is 28.6 Å². The molecule has 0 radical (unpaired) electrons. The molecule has 1 aromatic rings. The van der Waals surface area contributed by atoms with Crippen LogP contribution >= 0.6 is 11.8 Å². The lowest BCUT2D eigenvalue weighted by molar-refractivity contribution is 0.190. The molecule has 0 saturated heterocycles. The number of hydrogen-bond donors (Lipinski definition) is 2. The van der Waals surface area contributed by atoms with Gasteiger partial charge in [0.1, 0.15) is 0 Å². The Balaban J connectivity index is 1.62. The Labute approximate surface area is 130 Å². The van der Waals surface area contributed by atoms with Crippen molar-refractivity contribution in [1.82, 2.24) is 5.32 Å². The lowest BCUT2D eigenvalue weighted by atomic mass is 10.1. The molecule has 116 valence electrons. The number of benzene rings is 1. The maximum atomic E-state index is 9.65. The number of rotatable bonds is 6. The normalized spacial score (nSPS) is 20.7. The number of aliphatic hydroxyl groups is 1. The van der Waals surface area contributed by atoms with E-state index in [2.05, 4.69) is 18.3 Å². The van der Waals surface area contributed by atoms with Gasteiger partial charge in [-0.05, 0) is 38.0 Å². The van der Waals surface area contributed by atoms with E-state index in [1.165, 1.54) is 12.8 Å². The van der Waals surface area contributed by atoms with Crippen molar-refractivity contribution >= 4 is 11.8 Å². The average Bonchev–Trinajstić information content (AvgIpc) is 3.31. The summed E-state index contributed by atoms with van der Waals surface area (Å²) in [7, 11) is 0. The highest BCUT2D eigenvalue weighted by Crippen LogP contribution is 2.35. The molecule has 0 aromatic heterocycles. The quantitative estimate of drug-likeness (QED) is 0.791. The van der Waals surface area contributed by atoms with Crippen LogP contribution in [-0.2, 0) is 0 Å². The van der Waals surface area contributed by atoms with Gasteiger partial charge in [-0.15, -0.1) is 11.8 Å². The van der Waals surface area contributed by atoms with E-state index >= 15 is 0 Å². The van der Waals surface area contributed by atoms with Gasteiger partial charge in [0.2, 0.25) is 0 Å². The van der Waals surface area contributed by atoms with Gasteiger partial charge in [0.15, 0.2) is 11.5 Å². The van der Waals surface area contributed by atoms with Crippen molar-refractivity contribution in [2.45, 2.75) is 42.7 Å². The minimum absolute atomic E-state index is 0.154. The van der Waals surface area contributed by atoms with E-state index in [4.69, 9.17) is 9.47 Å². The molecule has 2 aliphatic rings. The Bertz CT molecular complexity index is 492. The van der Waals surface area contributed by atoms with Crippen LogP contribution in [0.2, 0.25) is 0 Å². The zero-order valence-electron chi connectivity index (χ0n) is 12.4. The van der Waals surface area contributed by atoms with Crippen LogP contribution in [0, 0.1) is 0 Å². The summed E-state index contributed by atoms with van der Waals surface area (Å²) in [6.45, 7) is 3.66. The largest absolute Gasteiger partial charge is 0.490 e. The number of fused-ring (bicyclic) bond motifs is 1. The molecule has 3 rings (SSSR count). The summed E-state index contributed by atoms with van der Waals surface area (Å²) in [4.78, 5) is 1.15. The predicted molar refractivity (Wildman–Crippen MR) is 84.4 cm³/mol. The van der Waals surface area contributed by atoms with Crippen LogP contribution in [0.15, 0.2) is 23.1 Å². The van der Waals surface area contributed by atoms with Gasteiger partial charge in [-0.3, -0.25) is 0 Å². The molecule has 21 heavy (non-hydrogen) atoms. The number of aliphatic hydroxyl groups excluding tert-OH is 1. The highest BCUT2D eigenvalue weighted by atomic mass is 32.2. The van der Waals surface area contributed by atoms with Gasteiger partial charge in [-0.2, -0.15) is 0 Å². The first kappa shape index (κ1) is 15.0. The molecular formula is C16H23NO3S. The lowest BCUT2D eigenvalue weighted by Crippen LogP contribution is -2.49. The molecule has 1 heterocycles. The maximum Gasteiger partial charge on any atom is 0.162 e. The minimum atomic E-state index is -0.226. The maximum absolute atomic E-state index is 9.65. The molecule has 1 atom stereocenters. The molecule has 0 spiro atoms. The van der Waals surface area contributed by atoms with Crippen LogP contribution in [0.1, 0.15) is 26.2 Å². The average molecular weight is 309 g/mol. The molecule has 1 fully saturated rings. The van der Waals surface area contributed by atoms with Crippen LogP contribution in [0.3, 0.4) is 0 Å². The molecule has 2 N–H and O–H groups in total. The van der Waals surface area contributed by atoms with Crippen molar-refractivity contribution in [1.29, 1.82) is 0 Å². The summed E-state index contributed by atoms with van der Waals surface area (Å²) in [5, 5.41) is 13.2. The molecule has 1 aromatic carbocycles. The first-order chi connectivity index (χ1) is 10.2. The molecule has 0 bridgehead atoms. The number of thioether (sulfide) groups is 1. The van der Waals surface area contributed by atoms with Gasteiger partial charge in [0.05, 0.1) is 19.8 Å². The minimum Gasteiger partial charge on any atom is -0.490 e. The van der Waals surface area contributed by atoms with Crippen LogP contribution in [0.4, 0.5) is 0 Å². The first-order valence-corrected chi connectivity index (χ1v) is 8.58. The topological polar surface area (TPSA) is 50.7 Å². The summed E-state index contributed by atoms with van der Waals surface area (Å²) in [6, 6.07) is 6.67. The van der Waals surface area contributed by atoms with E-state index < -0.39 is 0 Å². The smallest absolute Gasteiger partial charge is 0.162 e. The second-order valence-electron chi connectivity index (χ2n) is 6.09. The van der Waals surface area contributed by atoms with E-state index in [9.17, 15) is 5.11 Å². The summed E-state index contributed by atoms with van der Waals surface area (Å²) in [5.74, 6) is 2.50. The fraction of sp³-hybridized carbons (Fsp3) is 0.625. The monoisotopic (exact) mass is 309 g/mol. The summed E-state index contributed by atoms with van der Waals surface area (Å²) in [6.07, 6.45) is 3.37. The van der Waals surface area contributed by atoms with Crippen molar-refractivity contribution in [3.8, 4) is 11.5 Å². The molecule has 4 nitrogen and oxygen atoms in total. The van der Waals surface area contributed by atoms with Crippen molar-refractivity contribution < 1.29 is 14.6 Å². The van der Waals surface area contributed by atoms with Gasteiger partial charge in [0.25, 0.3) is 0 Å². The highest BCUT2D eigenvalue weighted by Gasteiger charge is 2.32. The van der Waals surface area contributed by atoms with Gasteiger partial charge in [0, 0.05) is 28.6 Å². The molecule has 0 amide bonds. The SMILES string of the molecule is CC(CO)(CSc1ccc2c(c1)OCCCO2)NC1CC1. The first-order valence-electron chi connectivity index (χ1n) is 7.59. The standard InChI is InChI=1S/C16H23NO3S/c1-16(10-18,17-12-3-4-12)11-21-13-5-6-14-15(9-13)20-8-2-7-19-14/h5-6,9,12,17-18H,2-4,7-8,10-11H2,1H3. The third-order valence-electron chi connectivity index (χ3n) is 3.76. The van der Waals surface area contributed by atoms with Crippen LogP contribution in [0.25, 0.3) is 0 Å². The van der Waals surface area contributed by atoms with Crippen LogP contribution < -0.4 is 14.8 Å². The Kier molecular flexibility index (Phi) is 4.62. The Hall–Kier alpha value is -0.910. The van der Waals surface area contributed by atoms with Crippen LogP contribution in [-0.4, -0.2) is 42.3 Å². The van der Waals surface area contributed by atoms with Crippen molar-refractivity contribution in [2.24, 2.45) is 0 Å². The Morgan fingerprint density at radius 1 is 1.29 bits per heavy atom. The van der Waals surface area contributed by atoms with Crippen LogP contribution in [0.5, 0.6) is 11.5 Å². The zero-order valence-corrected chi connectivity index (χ0v) is 13.2.